The van der Waals surface area contributed by atoms with Crippen molar-refractivity contribution in [3.8, 4) is 0 Å². The molecule has 2 N–H and O–H groups in total. The number of aliphatic hydroxyl groups excluding tert-OH is 1. The first-order valence-electron chi connectivity index (χ1n) is 12.3. The summed E-state index contributed by atoms with van der Waals surface area (Å²) in [6, 6.07) is 4.35. The number of hydrogen-bond acceptors (Lipinski definition) is 6. The molecule has 1 amide bonds. The number of esters is 1. The molecule has 0 aromatic heterocycles. The number of nitrogens with zero attached hydrogens (tertiary/aromatic N) is 1. The number of carbonyl (C=O) groups excluding carboxylic acids is 2. The second-order valence-corrected chi connectivity index (χ2v) is 12.5. The lowest BCUT2D eigenvalue weighted by Gasteiger charge is -2.35. The first kappa shape index (κ1) is 30.9. The van der Waals surface area contributed by atoms with Gasteiger partial charge in [0.05, 0.1) is 21.5 Å². The monoisotopic (exact) mass is 565 g/mol. The Balaban J connectivity index is 2.10. The lowest BCUT2D eigenvalue weighted by molar-refractivity contribution is -0.162. The zero-order valence-corrected chi connectivity index (χ0v) is 23.8. The van der Waals surface area contributed by atoms with Gasteiger partial charge in [0.25, 0.3) is 0 Å². The van der Waals surface area contributed by atoms with E-state index in [2.05, 4.69) is 0 Å². The van der Waals surface area contributed by atoms with Crippen molar-refractivity contribution in [3.63, 3.8) is 0 Å². The fraction of sp³-hybridized carbons (Fsp3) is 0.680. The average molecular weight is 566 g/mol. The highest BCUT2D eigenvalue weighted by atomic mass is 35.5. The molecule has 1 aliphatic carbocycles. The van der Waals surface area contributed by atoms with Crippen LogP contribution in [0.3, 0.4) is 0 Å². The number of carbonyl (C=O) groups is 2. The summed E-state index contributed by atoms with van der Waals surface area (Å²) in [5, 5.41) is 11.8. The van der Waals surface area contributed by atoms with Gasteiger partial charge in [0.1, 0.15) is 6.23 Å². The average Bonchev–Trinajstić information content (AvgIpc) is 2.78. The van der Waals surface area contributed by atoms with Gasteiger partial charge in [-0.2, -0.15) is 0 Å². The van der Waals surface area contributed by atoms with E-state index >= 15 is 0 Å². The van der Waals surface area contributed by atoms with Crippen LogP contribution in [0.2, 0.25) is 10.0 Å². The molecular weight excluding hydrogens is 528 g/mol. The lowest BCUT2D eigenvalue weighted by Crippen LogP contribution is -2.43. The molecule has 2 rings (SSSR count). The second kappa shape index (κ2) is 14.0. The topological polar surface area (TPSA) is 113 Å². The summed E-state index contributed by atoms with van der Waals surface area (Å²) >= 11 is 12.2. The first-order valence-corrected chi connectivity index (χ1v) is 14.6. The van der Waals surface area contributed by atoms with Crippen LogP contribution in [0.4, 0.5) is 4.79 Å². The van der Waals surface area contributed by atoms with Gasteiger partial charge < -0.3 is 19.5 Å². The van der Waals surface area contributed by atoms with Gasteiger partial charge in [0.2, 0.25) is 6.79 Å². The van der Waals surface area contributed by atoms with E-state index in [0.717, 1.165) is 25.7 Å². The van der Waals surface area contributed by atoms with Crippen molar-refractivity contribution in [1.29, 1.82) is 0 Å². The smallest absolute Gasteiger partial charge is 0.415 e. The molecule has 1 aromatic carbocycles. The van der Waals surface area contributed by atoms with Crippen molar-refractivity contribution in [2.45, 2.75) is 78.5 Å². The molecule has 0 radical (unpaired) electrons. The molecule has 1 saturated carbocycles. The maximum Gasteiger partial charge on any atom is 0.415 e. The summed E-state index contributed by atoms with van der Waals surface area (Å²) in [5.41, 5.74) is -0.0984. The van der Waals surface area contributed by atoms with Gasteiger partial charge in [0.15, 0.2) is 8.03 Å². The van der Waals surface area contributed by atoms with Crippen molar-refractivity contribution >= 4 is 43.3 Å². The van der Waals surface area contributed by atoms with Crippen LogP contribution in [0.25, 0.3) is 0 Å². The molecule has 11 heteroatoms. The van der Waals surface area contributed by atoms with Crippen LogP contribution in [0, 0.1) is 17.3 Å². The van der Waals surface area contributed by atoms with E-state index in [1.807, 2.05) is 0 Å². The Morgan fingerprint density at radius 3 is 2.44 bits per heavy atom. The number of aliphatic hydroxyl groups is 1. The van der Waals surface area contributed by atoms with Gasteiger partial charge >= 0.3 is 12.1 Å². The van der Waals surface area contributed by atoms with Crippen LogP contribution < -0.4 is 0 Å². The molecule has 8 nitrogen and oxygen atoms in total. The second-order valence-electron chi connectivity index (χ2n) is 10.5. The molecule has 1 fully saturated rings. The van der Waals surface area contributed by atoms with Crippen molar-refractivity contribution < 1.29 is 33.6 Å². The van der Waals surface area contributed by atoms with Crippen LogP contribution in [0.1, 0.15) is 77.8 Å². The van der Waals surface area contributed by atoms with E-state index in [1.165, 1.54) is 4.90 Å². The van der Waals surface area contributed by atoms with Crippen LogP contribution in [-0.4, -0.2) is 46.1 Å². The number of benzene rings is 1. The Kier molecular flexibility index (Phi) is 12.0. The molecule has 1 aromatic rings. The Bertz CT molecular complexity index is 924. The molecular formula is C25H38Cl2NO7P. The molecule has 5 atom stereocenters. The molecule has 0 aliphatic heterocycles. The van der Waals surface area contributed by atoms with E-state index in [9.17, 15) is 24.2 Å². The molecule has 0 spiro atoms. The van der Waals surface area contributed by atoms with E-state index in [1.54, 1.807) is 45.9 Å². The van der Waals surface area contributed by atoms with E-state index in [0.29, 0.717) is 40.5 Å². The number of halogens is 2. The van der Waals surface area contributed by atoms with Gasteiger partial charge in [-0.25, -0.2) is 4.79 Å². The van der Waals surface area contributed by atoms with Crippen molar-refractivity contribution in [2.24, 2.45) is 17.3 Å². The Labute approximate surface area is 224 Å². The summed E-state index contributed by atoms with van der Waals surface area (Å²) in [5.74, 6) is -0.00569. The minimum absolute atomic E-state index is 0.214. The van der Waals surface area contributed by atoms with Gasteiger partial charge in [-0.3, -0.25) is 14.3 Å². The summed E-state index contributed by atoms with van der Waals surface area (Å²) < 4.78 is 21.5. The fourth-order valence-electron chi connectivity index (χ4n) is 4.52. The highest BCUT2D eigenvalue weighted by molar-refractivity contribution is 7.38. The standard InChI is InChI=1S/C25H38Cl2NO7P/c1-16(19-9-10-20(26)21(27)13-19)28(24(31)35-15-34-23(30)25(2,3)4)22(29)11-8-17-6-5-7-18(12-17)14-36(32)33/h9-10,13,16-18,22,29,36H,5-8,11-12,14-15H2,1-4H3,(H,32,33)/t16-,17?,18?,22?/m0/s1. The van der Waals surface area contributed by atoms with Crippen molar-refractivity contribution in [1.82, 2.24) is 4.90 Å². The Morgan fingerprint density at radius 1 is 1.17 bits per heavy atom. The van der Waals surface area contributed by atoms with Gasteiger partial charge in [-0.1, -0.05) is 42.1 Å². The molecule has 36 heavy (non-hydrogen) atoms. The maximum atomic E-state index is 13.0. The quantitative estimate of drug-likeness (QED) is 0.191. The summed E-state index contributed by atoms with van der Waals surface area (Å²) in [7, 11) is -2.51. The molecule has 0 heterocycles. The number of ether oxygens (including phenoxy) is 2. The third-order valence-electron chi connectivity index (χ3n) is 6.55. The predicted molar refractivity (Wildman–Crippen MR) is 140 cm³/mol. The molecule has 0 bridgehead atoms. The van der Waals surface area contributed by atoms with Gasteiger partial charge in [-0.15, -0.1) is 0 Å². The van der Waals surface area contributed by atoms with Gasteiger partial charge in [-0.05, 0) is 82.9 Å². The minimum Gasteiger partial charge on any atom is -0.427 e. The molecule has 4 unspecified atom stereocenters. The molecule has 0 saturated heterocycles. The zero-order valence-electron chi connectivity index (χ0n) is 21.3. The summed E-state index contributed by atoms with van der Waals surface area (Å²) in [6.45, 7) is 6.23. The third-order valence-corrected chi connectivity index (χ3v) is 8.21. The van der Waals surface area contributed by atoms with E-state index in [-0.39, 0.29) is 5.92 Å². The predicted octanol–water partition coefficient (Wildman–Crippen LogP) is 6.41. The largest absolute Gasteiger partial charge is 0.427 e. The Morgan fingerprint density at radius 2 is 1.83 bits per heavy atom. The number of amides is 1. The minimum atomic E-state index is -2.51. The summed E-state index contributed by atoms with van der Waals surface area (Å²) in [4.78, 5) is 35.6. The van der Waals surface area contributed by atoms with E-state index < -0.39 is 44.6 Å². The van der Waals surface area contributed by atoms with Crippen molar-refractivity contribution in [3.05, 3.63) is 33.8 Å². The third kappa shape index (κ3) is 9.53. The van der Waals surface area contributed by atoms with Crippen LogP contribution in [0.5, 0.6) is 0 Å². The van der Waals surface area contributed by atoms with Crippen LogP contribution in [-0.2, 0) is 18.8 Å². The fourth-order valence-corrected chi connectivity index (χ4v) is 5.69. The zero-order chi connectivity index (χ0) is 27.0. The highest BCUT2D eigenvalue weighted by Gasteiger charge is 2.32. The van der Waals surface area contributed by atoms with Crippen LogP contribution in [0.15, 0.2) is 18.2 Å². The normalized spacial score (nSPS) is 20.8. The van der Waals surface area contributed by atoms with E-state index in [4.69, 9.17) is 32.7 Å². The number of hydrogen-bond donors (Lipinski definition) is 2. The van der Waals surface area contributed by atoms with Crippen LogP contribution >= 0.6 is 31.2 Å². The maximum absolute atomic E-state index is 13.0. The Hall–Kier alpha value is -1.31. The molecule has 1 aliphatic rings. The SMILES string of the molecule is C[C@@H](c1ccc(Cl)c(Cl)c1)N(C(=O)OCOC(=O)C(C)(C)C)C(O)CCC1CCCC(C[PH](=O)O)C1. The van der Waals surface area contributed by atoms with Gasteiger partial charge in [0, 0.05) is 6.16 Å². The number of rotatable bonds is 10. The van der Waals surface area contributed by atoms with Crippen molar-refractivity contribution in [2.75, 3.05) is 13.0 Å². The highest BCUT2D eigenvalue weighted by Crippen LogP contribution is 2.37. The molecule has 204 valence electrons. The first-order chi connectivity index (χ1) is 16.8. The lowest BCUT2D eigenvalue weighted by atomic mass is 9.80. The summed E-state index contributed by atoms with van der Waals surface area (Å²) in [6.07, 6.45) is 3.02.